The van der Waals surface area contributed by atoms with Crippen LogP contribution in [0.3, 0.4) is 0 Å². The van der Waals surface area contributed by atoms with Gasteiger partial charge in [-0.3, -0.25) is 0 Å². The molecule has 0 bridgehead atoms. The van der Waals surface area contributed by atoms with Gasteiger partial charge in [-0.25, -0.2) is 9.78 Å². The second kappa shape index (κ2) is 6.98. The summed E-state index contributed by atoms with van der Waals surface area (Å²) in [5.74, 6) is 1.66. The van der Waals surface area contributed by atoms with Crippen LogP contribution < -0.4 is 0 Å². The molecule has 0 radical (unpaired) electrons. The van der Waals surface area contributed by atoms with Gasteiger partial charge in [0.25, 0.3) is 0 Å². The highest BCUT2D eigenvalue weighted by Gasteiger charge is 2.27. The van der Waals surface area contributed by atoms with Crippen molar-refractivity contribution in [1.29, 1.82) is 0 Å². The van der Waals surface area contributed by atoms with E-state index in [1.165, 1.54) is 0 Å². The third-order valence-electron chi connectivity index (χ3n) is 4.69. The molecule has 0 N–H and O–H groups in total. The molecule has 25 heavy (non-hydrogen) atoms. The molecular formula is C19H26BrN3O2. The van der Waals surface area contributed by atoms with E-state index in [9.17, 15) is 4.79 Å². The Labute approximate surface area is 157 Å². The number of carbonyl (C=O) groups excluding carboxylic acids is 1. The SMILES string of the molecule is Cn1c(CC2CCN(C(=O)OC(C)(C)C)CC2)nc2c(Br)cccc21. The van der Waals surface area contributed by atoms with Gasteiger partial charge >= 0.3 is 6.09 Å². The van der Waals surface area contributed by atoms with Gasteiger partial charge in [0.15, 0.2) is 0 Å². The number of halogens is 1. The van der Waals surface area contributed by atoms with E-state index in [1.54, 1.807) is 0 Å². The van der Waals surface area contributed by atoms with Crippen LogP contribution in [0.1, 0.15) is 39.4 Å². The molecule has 3 rings (SSSR count). The average Bonchev–Trinajstić information content (AvgIpc) is 2.85. The maximum atomic E-state index is 12.2. The highest BCUT2D eigenvalue weighted by molar-refractivity contribution is 9.10. The van der Waals surface area contributed by atoms with E-state index in [4.69, 9.17) is 9.72 Å². The first-order chi connectivity index (χ1) is 11.7. The number of amides is 1. The van der Waals surface area contributed by atoms with Crippen molar-refractivity contribution in [2.24, 2.45) is 13.0 Å². The molecular weight excluding hydrogens is 382 g/mol. The van der Waals surface area contributed by atoms with Crippen LogP contribution >= 0.6 is 15.9 Å². The minimum Gasteiger partial charge on any atom is -0.444 e. The summed E-state index contributed by atoms with van der Waals surface area (Å²) in [6.07, 6.45) is 2.73. The van der Waals surface area contributed by atoms with Crippen LogP contribution in [0.2, 0.25) is 0 Å². The van der Waals surface area contributed by atoms with E-state index in [0.29, 0.717) is 5.92 Å². The lowest BCUT2D eigenvalue weighted by Crippen LogP contribution is -2.42. The number of fused-ring (bicyclic) bond motifs is 1. The zero-order chi connectivity index (χ0) is 18.2. The van der Waals surface area contributed by atoms with Crippen molar-refractivity contribution in [2.75, 3.05) is 13.1 Å². The van der Waals surface area contributed by atoms with Crippen LogP contribution in [-0.2, 0) is 18.2 Å². The van der Waals surface area contributed by atoms with Gasteiger partial charge in [-0.05, 0) is 67.6 Å². The molecule has 0 saturated carbocycles. The number of ether oxygens (including phenoxy) is 1. The topological polar surface area (TPSA) is 47.4 Å². The zero-order valence-electron chi connectivity index (χ0n) is 15.4. The van der Waals surface area contributed by atoms with E-state index in [1.807, 2.05) is 37.8 Å². The number of hydrogen-bond donors (Lipinski definition) is 0. The fourth-order valence-electron chi connectivity index (χ4n) is 3.32. The van der Waals surface area contributed by atoms with Gasteiger partial charge in [-0.2, -0.15) is 0 Å². The summed E-state index contributed by atoms with van der Waals surface area (Å²) in [6.45, 7) is 7.23. The molecule has 1 aromatic carbocycles. The Morgan fingerprint density at radius 1 is 1.32 bits per heavy atom. The van der Waals surface area contributed by atoms with Gasteiger partial charge in [0, 0.05) is 31.0 Å². The summed E-state index contributed by atoms with van der Waals surface area (Å²) >= 11 is 3.58. The number of rotatable bonds is 2. The second-order valence-electron chi connectivity index (χ2n) is 7.81. The molecule has 1 saturated heterocycles. The molecule has 1 aliphatic heterocycles. The van der Waals surface area contributed by atoms with Crippen LogP contribution in [0, 0.1) is 5.92 Å². The maximum Gasteiger partial charge on any atom is 0.410 e. The van der Waals surface area contributed by atoms with Crippen LogP contribution in [0.5, 0.6) is 0 Å². The monoisotopic (exact) mass is 407 g/mol. The predicted octanol–water partition coefficient (Wildman–Crippen LogP) is 4.53. The summed E-state index contributed by atoms with van der Waals surface area (Å²) in [5, 5.41) is 0. The van der Waals surface area contributed by atoms with Gasteiger partial charge in [0.1, 0.15) is 16.9 Å². The van der Waals surface area contributed by atoms with E-state index in [-0.39, 0.29) is 6.09 Å². The van der Waals surface area contributed by atoms with Gasteiger partial charge in [0.2, 0.25) is 0 Å². The van der Waals surface area contributed by atoms with Gasteiger partial charge in [-0.1, -0.05) is 6.07 Å². The number of aromatic nitrogens is 2. The molecule has 0 unspecified atom stereocenters. The highest BCUT2D eigenvalue weighted by atomic mass is 79.9. The molecule has 1 aliphatic rings. The van der Waals surface area contributed by atoms with Crippen molar-refractivity contribution in [2.45, 2.75) is 45.6 Å². The number of piperidine rings is 1. The van der Waals surface area contributed by atoms with Crippen LogP contribution in [0.15, 0.2) is 22.7 Å². The van der Waals surface area contributed by atoms with Crippen molar-refractivity contribution < 1.29 is 9.53 Å². The van der Waals surface area contributed by atoms with Crippen LogP contribution in [0.4, 0.5) is 4.79 Å². The van der Waals surface area contributed by atoms with Crippen LogP contribution in [-0.4, -0.2) is 39.2 Å². The number of para-hydroxylation sites is 1. The number of likely N-dealkylation sites (tertiary alicyclic amines) is 1. The minimum absolute atomic E-state index is 0.197. The Bertz CT molecular complexity index is 771. The molecule has 0 atom stereocenters. The zero-order valence-corrected chi connectivity index (χ0v) is 17.0. The Balaban J connectivity index is 1.62. The molecule has 1 aromatic heterocycles. The fraction of sp³-hybridized carbons (Fsp3) is 0.579. The summed E-state index contributed by atoms with van der Waals surface area (Å²) in [7, 11) is 2.08. The Morgan fingerprint density at radius 3 is 2.60 bits per heavy atom. The lowest BCUT2D eigenvalue weighted by molar-refractivity contribution is 0.0183. The number of aryl methyl sites for hydroxylation is 1. The Kier molecular flexibility index (Phi) is 5.09. The van der Waals surface area contributed by atoms with E-state index < -0.39 is 5.60 Å². The number of benzene rings is 1. The highest BCUT2D eigenvalue weighted by Crippen LogP contribution is 2.27. The Morgan fingerprint density at radius 2 is 2.00 bits per heavy atom. The van der Waals surface area contributed by atoms with E-state index in [0.717, 1.165) is 53.7 Å². The predicted molar refractivity (Wildman–Crippen MR) is 103 cm³/mol. The minimum atomic E-state index is -0.436. The van der Waals surface area contributed by atoms with Crippen LogP contribution in [0.25, 0.3) is 11.0 Å². The number of nitrogens with zero attached hydrogens (tertiary/aromatic N) is 3. The molecule has 0 aliphatic carbocycles. The third-order valence-corrected chi connectivity index (χ3v) is 5.33. The van der Waals surface area contributed by atoms with Crippen molar-refractivity contribution in [3.8, 4) is 0 Å². The van der Waals surface area contributed by atoms with E-state index >= 15 is 0 Å². The summed E-state index contributed by atoms with van der Waals surface area (Å²) < 4.78 is 8.68. The maximum absolute atomic E-state index is 12.2. The number of hydrogen-bond acceptors (Lipinski definition) is 3. The standard InChI is InChI=1S/C19H26BrN3O2/c1-19(2,3)25-18(24)23-10-8-13(9-11-23)12-16-21-17-14(20)6-5-7-15(17)22(16)4/h5-7,13H,8-12H2,1-4H3. The van der Waals surface area contributed by atoms with Crippen molar-refractivity contribution in [3.05, 3.63) is 28.5 Å². The normalized spacial score (nSPS) is 16.4. The lowest BCUT2D eigenvalue weighted by atomic mass is 9.93. The van der Waals surface area contributed by atoms with Gasteiger partial charge in [-0.15, -0.1) is 0 Å². The largest absolute Gasteiger partial charge is 0.444 e. The van der Waals surface area contributed by atoms with Gasteiger partial charge < -0.3 is 14.2 Å². The summed E-state index contributed by atoms with van der Waals surface area (Å²) in [6, 6.07) is 6.16. The molecule has 6 heteroatoms. The Hall–Kier alpha value is -1.56. The fourth-order valence-corrected chi connectivity index (χ4v) is 3.76. The number of carbonyl (C=O) groups is 1. The molecule has 2 aromatic rings. The number of imidazole rings is 1. The first kappa shape index (κ1) is 18.2. The molecule has 5 nitrogen and oxygen atoms in total. The lowest BCUT2D eigenvalue weighted by Gasteiger charge is -2.33. The smallest absolute Gasteiger partial charge is 0.410 e. The molecule has 136 valence electrons. The van der Waals surface area contributed by atoms with E-state index in [2.05, 4.69) is 33.6 Å². The molecule has 1 fully saturated rings. The second-order valence-corrected chi connectivity index (χ2v) is 8.66. The van der Waals surface area contributed by atoms with Crippen molar-refractivity contribution in [1.82, 2.24) is 14.5 Å². The molecule has 2 heterocycles. The average molecular weight is 408 g/mol. The quantitative estimate of drug-likeness (QED) is 0.734. The van der Waals surface area contributed by atoms with Gasteiger partial charge in [0.05, 0.1) is 5.52 Å². The van der Waals surface area contributed by atoms with Crippen molar-refractivity contribution >= 4 is 33.1 Å². The first-order valence-corrected chi connectivity index (χ1v) is 9.61. The molecule has 1 amide bonds. The molecule has 0 spiro atoms. The first-order valence-electron chi connectivity index (χ1n) is 8.82. The van der Waals surface area contributed by atoms with Crippen molar-refractivity contribution in [3.63, 3.8) is 0 Å². The summed E-state index contributed by atoms with van der Waals surface area (Å²) in [5.41, 5.74) is 1.73. The third kappa shape index (κ3) is 4.17. The summed E-state index contributed by atoms with van der Waals surface area (Å²) in [4.78, 5) is 18.8.